The van der Waals surface area contributed by atoms with Crippen molar-refractivity contribution in [2.45, 2.75) is 0 Å². The largest absolute Gasteiger partial charge is 0.299 e. The third-order valence-electron chi connectivity index (χ3n) is 4.43. The summed E-state index contributed by atoms with van der Waals surface area (Å²) in [6.45, 7) is 0. The van der Waals surface area contributed by atoms with Gasteiger partial charge in [-0.15, -0.1) is 0 Å². The SMILES string of the molecule is O=S(=O)(O)C1=CC2=NC/1=N\C1=NC(=N\C3=NC(=N\C4=NC(=N\2)/C=C4)/C=C3)/C(S(=O)(=O)O)=C1S(=O)(=O)O. The predicted octanol–water partition coefficient (Wildman–Crippen LogP) is -0.886. The molecule has 0 aromatic rings. The Kier molecular flexibility index (Phi) is 5.14. The van der Waals surface area contributed by atoms with Gasteiger partial charge in [-0.1, -0.05) is 0 Å². The van der Waals surface area contributed by atoms with Crippen molar-refractivity contribution in [3.05, 3.63) is 45.1 Å². The Balaban J connectivity index is 1.86. The Morgan fingerprint density at radius 2 is 0.833 bits per heavy atom. The number of rotatable bonds is 3. The Labute approximate surface area is 200 Å². The van der Waals surface area contributed by atoms with Crippen LogP contribution in [0.15, 0.2) is 85.0 Å². The number of aliphatic imine (C=N–C) groups is 8. The molecule has 8 bridgehead atoms. The Hall–Kier alpha value is -3.95. The molecule has 0 radical (unpaired) electrons. The van der Waals surface area contributed by atoms with Gasteiger partial charge in [0.2, 0.25) is 0 Å². The molecule has 184 valence electrons. The molecule has 0 spiro atoms. The highest BCUT2D eigenvalue weighted by molar-refractivity contribution is 7.95. The van der Waals surface area contributed by atoms with E-state index in [-0.39, 0.29) is 29.2 Å². The summed E-state index contributed by atoms with van der Waals surface area (Å²) in [5, 5.41) is 0. The number of amidine groups is 8. The Morgan fingerprint density at radius 1 is 0.444 bits per heavy atom. The van der Waals surface area contributed by atoms with Gasteiger partial charge < -0.3 is 0 Å². The van der Waals surface area contributed by atoms with E-state index in [1.54, 1.807) is 0 Å². The third kappa shape index (κ3) is 4.38. The van der Waals surface area contributed by atoms with E-state index in [0.717, 1.165) is 6.08 Å². The highest BCUT2D eigenvalue weighted by atomic mass is 32.2. The van der Waals surface area contributed by atoms with E-state index in [1.165, 1.54) is 24.3 Å². The zero-order valence-corrected chi connectivity index (χ0v) is 19.4. The van der Waals surface area contributed by atoms with Crippen LogP contribution < -0.4 is 0 Å². The van der Waals surface area contributed by atoms with Crippen LogP contribution in [0.3, 0.4) is 0 Å². The fraction of sp³-hybridized carbons (Fsp3) is 0. The van der Waals surface area contributed by atoms with E-state index in [0.29, 0.717) is 0 Å². The van der Waals surface area contributed by atoms with Crippen LogP contribution in [0.25, 0.3) is 0 Å². The first-order valence-corrected chi connectivity index (χ1v) is 13.5. The van der Waals surface area contributed by atoms with Crippen LogP contribution in [0, 0.1) is 0 Å². The molecule has 5 aliphatic heterocycles. The Morgan fingerprint density at radius 3 is 1.28 bits per heavy atom. The molecule has 20 heteroatoms. The topological polar surface area (TPSA) is 262 Å². The van der Waals surface area contributed by atoms with E-state index in [9.17, 15) is 38.9 Å². The summed E-state index contributed by atoms with van der Waals surface area (Å²) in [4.78, 5) is 27.1. The fourth-order valence-corrected chi connectivity index (χ4v) is 5.60. The molecule has 17 nitrogen and oxygen atoms in total. The summed E-state index contributed by atoms with van der Waals surface area (Å²) >= 11 is 0. The summed E-state index contributed by atoms with van der Waals surface area (Å²) in [5.74, 6) is -3.35. The minimum absolute atomic E-state index is 0.0178. The minimum atomic E-state index is -5.48. The summed E-state index contributed by atoms with van der Waals surface area (Å²) in [5.41, 5.74) is 0. The maximum Gasteiger partial charge on any atom is 0.299 e. The molecule has 0 aromatic heterocycles. The van der Waals surface area contributed by atoms with Gasteiger partial charge in [0, 0.05) is 6.08 Å². The molecule has 0 unspecified atom stereocenters. The molecule has 0 fully saturated rings. The molecule has 0 amide bonds. The maximum absolute atomic E-state index is 12.1. The molecule has 5 aliphatic rings. The zero-order valence-electron chi connectivity index (χ0n) is 17.0. The van der Waals surface area contributed by atoms with Gasteiger partial charge in [0.25, 0.3) is 30.4 Å². The van der Waals surface area contributed by atoms with Gasteiger partial charge in [-0.3, -0.25) is 13.7 Å². The maximum atomic E-state index is 12.1. The molecule has 0 saturated carbocycles. The van der Waals surface area contributed by atoms with E-state index in [1.807, 2.05) is 0 Å². The van der Waals surface area contributed by atoms with Gasteiger partial charge >= 0.3 is 0 Å². The molecule has 36 heavy (non-hydrogen) atoms. The second kappa shape index (κ2) is 7.78. The van der Waals surface area contributed by atoms with Crippen LogP contribution in [-0.2, 0) is 30.4 Å². The van der Waals surface area contributed by atoms with Gasteiger partial charge in [-0.05, 0) is 24.3 Å². The monoisotopic (exact) mass is 552 g/mol. The van der Waals surface area contributed by atoms with E-state index in [2.05, 4.69) is 39.9 Å². The van der Waals surface area contributed by atoms with Crippen molar-refractivity contribution in [3.8, 4) is 0 Å². The van der Waals surface area contributed by atoms with Crippen molar-refractivity contribution in [2.24, 2.45) is 39.9 Å². The number of nitrogens with zero attached hydrogens (tertiary/aromatic N) is 8. The van der Waals surface area contributed by atoms with E-state index in [4.69, 9.17) is 0 Å². The number of hydrogen-bond donors (Lipinski definition) is 3. The second-order valence-electron chi connectivity index (χ2n) is 6.91. The van der Waals surface area contributed by atoms with Gasteiger partial charge in [0.15, 0.2) is 56.5 Å². The zero-order chi connectivity index (χ0) is 26.0. The summed E-state index contributed by atoms with van der Waals surface area (Å²) < 4.78 is 101. The molecular formula is C16H8N8O9S3. The van der Waals surface area contributed by atoms with E-state index < -0.39 is 62.6 Å². The molecule has 5 rings (SSSR count). The van der Waals surface area contributed by atoms with Crippen LogP contribution >= 0.6 is 0 Å². The lowest BCUT2D eigenvalue weighted by Gasteiger charge is -2.03. The Bertz CT molecular complexity index is 1880. The van der Waals surface area contributed by atoms with Crippen molar-refractivity contribution in [1.29, 1.82) is 0 Å². The number of fused-ring (bicyclic) bond motifs is 4. The van der Waals surface area contributed by atoms with Crippen molar-refractivity contribution in [3.63, 3.8) is 0 Å². The van der Waals surface area contributed by atoms with Crippen LogP contribution in [-0.4, -0.2) is 85.6 Å². The summed E-state index contributed by atoms with van der Waals surface area (Å²) in [7, 11) is -15.9. The quantitative estimate of drug-likeness (QED) is 0.366. The normalized spacial score (nSPS) is 27.1. The van der Waals surface area contributed by atoms with Gasteiger partial charge in [-0.25, -0.2) is 39.9 Å². The molecule has 3 N–H and O–H groups in total. The molecule has 5 heterocycles. The highest BCUT2D eigenvalue weighted by Crippen LogP contribution is 2.29. The van der Waals surface area contributed by atoms with Gasteiger partial charge in [0.05, 0.1) is 0 Å². The predicted molar refractivity (Wildman–Crippen MR) is 128 cm³/mol. The smallest absolute Gasteiger partial charge is 0.282 e. The van der Waals surface area contributed by atoms with Crippen molar-refractivity contribution < 1.29 is 38.9 Å². The second-order valence-corrected chi connectivity index (χ2v) is 11.0. The lowest BCUT2D eigenvalue weighted by molar-refractivity contribution is 0.486. The molecule has 0 aliphatic carbocycles. The standard InChI is InChI=1S/C16H8N8O9S3/c25-34(26,27)6-5-11-20-9-2-1-7(18-9)17-8-3-4-10(19-8)21-15-12(35(28,29)30)13(36(31,32)33)16(24-15)23-14(6)22-11/h1-5H,(H,25,26,27)(H,28,29,30)(H,31,32,33)/b17-7?,17-8-,20-9-,20-11?,21-10?,21-15-,23-14-,23-16?. The van der Waals surface area contributed by atoms with Crippen LogP contribution in [0.1, 0.15) is 0 Å². The number of hydrogen-bond acceptors (Lipinski definition) is 14. The molecule has 0 atom stereocenters. The van der Waals surface area contributed by atoms with Crippen LogP contribution in [0.2, 0.25) is 0 Å². The average Bonchev–Trinajstić information content (AvgIpc) is 3.48. The lowest BCUT2D eigenvalue weighted by Crippen LogP contribution is -2.18. The molecular weight excluding hydrogens is 544 g/mol. The fourth-order valence-electron chi connectivity index (χ4n) is 3.10. The third-order valence-corrected chi connectivity index (χ3v) is 7.22. The first kappa shape index (κ1) is 23.8. The first-order valence-electron chi connectivity index (χ1n) is 9.14. The summed E-state index contributed by atoms with van der Waals surface area (Å²) in [6.07, 6.45) is 6.23. The first-order chi connectivity index (χ1) is 16.7. The van der Waals surface area contributed by atoms with Gasteiger partial charge in [-0.2, -0.15) is 25.3 Å². The van der Waals surface area contributed by atoms with Gasteiger partial charge in [0.1, 0.15) is 4.91 Å². The average molecular weight is 552 g/mol. The molecule has 0 aromatic carbocycles. The summed E-state index contributed by atoms with van der Waals surface area (Å²) in [6, 6.07) is 0. The van der Waals surface area contributed by atoms with Crippen LogP contribution in [0.4, 0.5) is 0 Å². The van der Waals surface area contributed by atoms with Crippen LogP contribution in [0.5, 0.6) is 0 Å². The van der Waals surface area contributed by atoms with Crippen molar-refractivity contribution in [1.82, 2.24) is 0 Å². The van der Waals surface area contributed by atoms with E-state index >= 15 is 0 Å². The van der Waals surface area contributed by atoms with Crippen molar-refractivity contribution >= 4 is 77.0 Å². The lowest BCUT2D eigenvalue weighted by atomic mass is 10.4. The van der Waals surface area contributed by atoms with Crippen molar-refractivity contribution in [2.75, 3.05) is 0 Å². The minimum Gasteiger partial charge on any atom is -0.282 e. The molecule has 0 saturated heterocycles. The highest BCUT2D eigenvalue weighted by Gasteiger charge is 2.41.